The molecule has 0 aliphatic rings. The maximum atomic E-state index is 10.8. The van der Waals surface area contributed by atoms with E-state index in [9.17, 15) is 4.89 Å². The Morgan fingerprint density at radius 2 is 0.900 bits per heavy atom. The standard InChI is InChI=1S/C18H41OP/c1-4-7-9-11-13-15-17-20(19,6-3)18-16-14-12-10-8-5-2/h19-20H,4-18H2,1-3H3. The van der Waals surface area contributed by atoms with E-state index < -0.39 is 7.49 Å². The summed E-state index contributed by atoms with van der Waals surface area (Å²) in [7, 11) is -1.86. The Morgan fingerprint density at radius 1 is 0.550 bits per heavy atom. The van der Waals surface area contributed by atoms with E-state index >= 15 is 0 Å². The number of unbranched alkanes of at least 4 members (excludes halogenated alkanes) is 10. The van der Waals surface area contributed by atoms with E-state index in [0.29, 0.717) is 0 Å². The Hall–Kier alpha value is 0.390. The molecule has 1 N–H and O–H groups in total. The molecule has 0 aromatic heterocycles. The van der Waals surface area contributed by atoms with Gasteiger partial charge in [-0.25, -0.2) is 0 Å². The van der Waals surface area contributed by atoms with E-state index in [4.69, 9.17) is 0 Å². The Balaban J connectivity index is 3.57. The average molecular weight is 304 g/mol. The molecule has 0 spiro atoms. The molecule has 0 rings (SSSR count). The third-order valence-electron chi connectivity index (χ3n) is 4.65. The molecule has 0 aromatic carbocycles. The number of rotatable bonds is 15. The van der Waals surface area contributed by atoms with Crippen LogP contribution in [0.4, 0.5) is 0 Å². The van der Waals surface area contributed by atoms with Crippen molar-refractivity contribution in [2.24, 2.45) is 0 Å². The first-order chi connectivity index (χ1) is 9.68. The molecule has 0 aliphatic carbocycles. The fourth-order valence-electron chi connectivity index (χ4n) is 2.95. The van der Waals surface area contributed by atoms with Crippen LogP contribution in [0.5, 0.6) is 0 Å². The quantitative estimate of drug-likeness (QED) is 0.275. The van der Waals surface area contributed by atoms with Crippen molar-refractivity contribution in [3.05, 3.63) is 0 Å². The van der Waals surface area contributed by atoms with E-state index in [2.05, 4.69) is 20.8 Å². The minimum absolute atomic E-state index is 1.07. The van der Waals surface area contributed by atoms with Crippen LogP contribution in [0.1, 0.15) is 97.8 Å². The second kappa shape index (κ2) is 14.3. The second-order valence-electron chi connectivity index (χ2n) is 6.61. The fourth-order valence-corrected chi connectivity index (χ4v) is 5.72. The van der Waals surface area contributed by atoms with Crippen molar-refractivity contribution in [3.63, 3.8) is 0 Å². The van der Waals surface area contributed by atoms with Gasteiger partial charge in [0.25, 0.3) is 0 Å². The van der Waals surface area contributed by atoms with Gasteiger partial charge in [-0.05, 0) is 0 Å². The van der Waals surface area contributed by atoms with Crippen LogP contribution in [0.3, 0.4) is 0 Å². The van der Waals surface area contributed by atoms with Crippen LogP contribution in [0, 0.1) is 0 Å². The van der Waals surface area contributed by atoms with Gasteiger partial charge in [-0.15, -0.1) is 0 Å². The second-order valence-corrected chi connectivity index (χ2v) is 10.8. The Morgan fingerprint density at radius 3 is 1.25 bits per heavy atom. The van der Waals surface area contributed by atoms with Crippen molar-refractivity contribution in [2.45, 2.75) is 97.8 Å². The van der Waals surface area contributed by atoms with Crippen LogP contribution in [-0.2, 0) is 0 Å². The summed E-state index contributed by atoms with van der Waals surface area (Å²) in [5.74, 6) is 0. The number of hydrogen-bond donors (Lipinski definition) is 1. The van der Waals surface area contributed by atoms with Gasteiger partial charge in [-0.1, -0.05) is 0 Å². The van der Waals surface area contributed by atoms with Gasteiger partial charge in [-0.2, -0.15) is 0 Å². The van der Waals surface area contributed by atoms with Crippen LogP contribution in [0.2, 0.25) is 0 Å². The first-order valence-electron chi connectivity index (χ1n) is 9.41. The Kier molecular flexibility index (Phi) is 14.6. The molecular formula is C18H41OP. The first-order valence-corrected chi connectivity index (χ1v) is 12.0. The molecule has 0 unspecified atom stereocenters. The van der Waals surface area contributed by atoms with Crippen LogP contribution in [-0.4, -0.2) is 23.4 Å². The third-order valence-corrected chi connectivity index (χ3v) is 8.53. The van der Waals surface area contributed by atoms with Gasteiger partial charge >= 0.3 is 129 Å². The molecule has 0 aromatic rings. The SMILES string of the molecule is CCCCCCCC[PH](O)(CC)CCCCCCCC. The Labute approximate surface area is 129 Å². The molecule has 0 saturated carbocycles. The molecule has 0 heterocycles. The third kappa shape index (κ3) is 12.2. The summed E-state index contributed by atoms with van der Waals surface area (Å²) >= 11 is 0. The van der Waals surface area contributed by atoms with Crippen molar-refractivity contribution in [1.82, 2.24) is 0 Å². The predicted molar refractivity (Wildman–Crippen MR) is 97.6 cm³/mol. The summed E-state index contributed by atoms with van der Waals surface area (Å²) in [6.07, 6.45) is 19.5. The molecule has 0 atom stereocenters. The van der Waals surface area contributed by atoms with Gasteiger partial charge in [0.05, 0.1) is 0 Å². The maximum absolute atomic E-state index is 10.8. The van der Waals surface area contributed by atoms with Gasteiger partial charge < -0.3 is 0 Å². The molecule has 1 nitrogen and oxygen atoms in total. The van der Waals surface area contributed by atoms with Crippen molar-refractivity contribution in [1.29, 1.82) is 0 Å². The molecule has 124 valence electrons. The van der Waals surface area contributed by atoms with Gasteiger partial charge in [-0.3, -0.25) is 0 Å². The van der Waals surface area contributed by atoms with E-state index in [1.807, 2.05) is 0 Å². The molecule has 2 heteroatoms. The summed E-state index contributed by atoms with van der Waals surface area (Å²) in [4.78, 5) is 10.8. The zero-order valence-corrected chi connectivity index (χ0v) is 15.6. The van der Waals surface area contributed by atoms with Crippen LogP contribution in [0.25, 0.3) is 0 Å². The van der Waals surface area contributed by atoms with Gasteiger partial charge in [0.15, 0.2) is 0 Å². The average Bonchev–Trinajstić information content (AvgIpc) is 2.46. The molecule has 0 radical (unpaired) electrons. The molecule has 0 bridgehead atoms. The van der Waals surface area contributed by atoms with Crippen LogP contribution in [0.15, 0.2) is 0 Å². The van der Waals surface area contributed by atoms with E-state index in [1.165, 1.54) is 77.0 Å². The molecule has 0 amide bonds. The predicted octanol–water partition coefficient (Wildman–Crippen LogP) is 6.38. The van der Waals surface area contributed by atoms with E-state index in [-0.39, 0.29) is 0 Å². The molecule has 0 saturated heterocycles. The summed E-state index contributed by atoms with van der Waals surface area (Å²) in [6.45, 7) is 6.74. The van der Waals surface area contributed by atoms with E-state index in [1.54, 1.807) is 0 Å². The molecule has 20 heavy (non-hydrogen) atoms. The van der Waals surface area contributed by atoms with Gasteiger partial charge in [0.1, 0.15) is 0 Å². The van der Waals surface area contributed by atoms with Crippen LogP contribution >= 0.6 is 7.49 Å². The topological polar surface area (TPSA) is 20.2 Å². The summed E-state index contributed by atoms with van der Waals surface area (Å²) in [5.41, 5.74) is 0. The summed E-state index contributed by atoms with van der Waals surface area (Å²) in [5, 5.41) is 0. The molecule has 0 fully saturated rings. The number of hydrogen-bond acceptors (Lipinski definition) is 1. The first kappa shape index (κ1) is 20.4. The fraction of sp³-hybridized carbons (Fsp3) is 1.00. The zero-order valence-electron chi connectivity index (χ0n) is 14.6. The van der Waals surface area contributed by atoms with Crippen molar-refractivity contribution < 1.29 is 4.89 Å². The summed E-state index contributed by atoms with van der Waals surface area (Å²) < 4.78 is 0. The van der Waals surface area contributed by atoms with Crippen molar-refractivity contribution in [2.75, 3.05) is 18.5 Å². The molecular weight excluding hydrogens is 263 g/mol. The zero-order chi connectivity index (χ0) is 15.1. The van der Waals surface area contributed by atoms with Gasteiger partial charge in [0, 0.05) is 0 Å². The molecule has 0 aliphatic heterocycles. The Bertz CT molecular complexity index is 178. The summed E-state index contributed by atoms with van der Waals surface area (Å²) in [6, 6.07) is 0. The normalized spacial score (nSPS) is 12.8. The van der Waals surface area contributed by atoms with Crippen molar-refractivity contribution in [3.8, 4) is 0 Å². The monoisotopic (exact) mass is 304 g/mol. The van der Waals surface area contributed by atoms with Gasteiger partial charge in [0.2, 0.25) is 0 Å². The van der Waals surface area contributed by atoms with E-state index in [0.717, 1.165) is 18.5 Å². The van der Waals surface area contributed by atoms with Crippen molar-refractivity contribution >= 4 is 7.49 Å². The minimum atomic E-state index is -1.86. The van der Waals surface area contributed by atoms with Crippen LogP contribution < -0.4 is 0 Å².